The lowest BCUT2D eigenvalue weighted by atomic mass is 10.1. The normalized spacial score (nSPS) is 25.5. The molecule has 5 heteroatoms. The highest BCUT2D eigenvalue weighted by Gasteiger charge is 2.35. The van der Waals surface area contributed by atoms with Crippen molar-refractivity contribution >= 4 is 21.6 Å². The van der Waals surface area contributed by atoms with Gasteiger partial charge in [-0.15, -0.1) is 11.6 Å². The minimum absolute atomic E-state index is 0.0738. The van der Waals surface area contributed by atoms with Gasteiger partial charge < -0.3 is 0 Å². The SMILES string of the molecule is CC1CC(C)N(S(=O)(=O)c2cccc(CCl)c2)C1. The van der Waals surface area contributed by atoms with Crippen LogP contribution in [0.25, 0.3) is 0 Å². The molecule has 0 saturated carbocycles. The molecule has 2 rings (SSSR count). The molecule has 0 N–H and O–H groups in total. The minimum atomic E-state index is -3.38. The second kappa shape index (κ2) is 5.19. The van der Waals surface area contributed by atoms with Crippen molar-refractivity contribution in [2.75, 3.05) is 6.54 Å². The van der Waals surface area contributed by atoms with Crippen LogP contribution in [0.2, 0.25) is 0 Å². The number of hydrogen-bond donors (Lipinski definition) is 0. The molecule has 1 fully saturated rings. The molecule has 1 aliphatic heterocycles. The van der Waals surface area contributed by atoms with Gasteiger partial charge in [-0.2, -0.15) is 4.31 Å². The molecule has 1 aromatic rings. The number of sulfonamides is 1. The second-order valence-electron chi connectivity index (χ2n) is 5.05. The zero-order valence-corrected chi connectivity index (χ0v) is 12.2. The van der Waals surface area contributed by atoms with Crippen LogP contribution in [0.3, 0.4) is 0 Å². The maximum atomic E-state index is 12.5. The van der Waals surface area contributed by atoms with E-state index < -0.39 is 10.0 Å². The Labute approximate surface area is 114 Å². The summed E-state index contributed by atoms with van der Waals surface area (Å²) in [4.78, 5) is 0.349. The molecule has 1 saturated heterocycles. The molecule has 0 aromatic heterocycles. The van der Waals surface area contributed by atoms with Gasteiger partial charge in [0.05, 0.1) is 4.90 Å². The third-order valence-electron chi connectivity index (χ3n) is 3.39. The highest BCUT2D eigenvalue weighted by molar-refractivity contribution is 7.89. The molecule has 1 heterocycles. The fourth-order valence-corrected chi connectivity index (χ4v) is 4.52. The predicted octanol–water partition coefficient (Wildman–Crippen LogP) is 2.84. The number of rotatable bonds is 3. The van der Waals surface area contributed by atoms with Gasteiger partial charge in [-0.1, -0.05) is 19.1 Å². The molecule has 0 radical (unpaired) electrons. The fraction of sp³-hybridized carbons (Fsp3) is 0.538. The topological polar surface area (TPSA) is 37.4 Å². The molecule has 18 heavy (non-hydrogen) atoms. The summed E-state index contributed by atoms with van der Waals surface area (Å²) in [6.07, 6.45) is 0.925. The van der Waals surface area contributed by atoms with Gasteiger partial charge in [-0.05, 0) is 37.0 Å². The summed E-state index contributed by atoms with van der Waals surface area (Å²) >= 11 is 5.75. The van der Waals surface area contributed by atoms with Crippen molar-refractivity contribution < 1.29 is 8.42 Å². The Hall–Kier alpha value is -0.580. The van der Waals surface area contributed by atoms with Crippen molar-refractivity contribution in [1.29, 1.82) is 0 Å². The third kappa shape index (κ3) is 2.56. The Morgan fingerprint density at radius 1 is 1.39 bits per heavy atom. The largest absolute Gasteiger partial charge is 0.243 e. The standard InChI is InChI=1S/C13H18ClNO2S/c1-10-6-11(2)15(9-10)18(16,17)13-5-3-4-12(7-13)8-14/h3-5,7,10-11H,6,8-9H2,1-2H3. The summed E-state index contributed by atoms with van der Waals surface area (Å²) in [5.41, 5.74) is 0.831. The maximum absolute atomic E-state index is 12.5. The molecule has 1 aliphatic rings. The van der Waals surface area contributed by atoms with E-state index >= 15 is 0 Å². The van der Waals surface area contributed by atoms with Gasteiger partial charge in [0.15, 0.2) is 0 Å². The first kappa shape index (κ1) is 13.8. The molecular formula is C13H18ClNO2S. The highest BCUT2D eigenvalue weighted by atomic mass is 35.5. The van der Waals surface area contributed by atoms with E-state index in [4.69, 9.17) is 11.6 Å². The minimum Gasteiger partial charge on any atom is -0.207 e. The van der Waals surface area contributed by atoms with Crippen LogP contribution < -0.4 is 0 Å². The summed E-state index contributed by atoms with van der Waals surface area (Å²) in [5, 5.41) is 0. The summed E-state index contributed by atoms with van der Waals surface area (Å²) < 4.78 is 26.7. The monoisotopic (exact) mass is 287 g/mol. The predicted molar refractivity (Wildman–Crippen MR) is 73.1 cm³/mol. The first-order valence-corrected chi connectivity index (χ1v) is 8.09. The van der Waals surface area contributed by atoms with Crippen LogP contribution in [-0.4, -0.2) is 25.3 Å². The van der Waals surface area contributed by atoms with E-state index in [-0.39, 0.29) is 6.04 Å². The molecule has 100 valence electrons. The van der Waals surface area contributed by atoms with Crippen molar-refractivity contribution in [3.8, 4) is 0 Å². The average Bonchev–Trinajstić information content (AvgIpc) is 2.69. The molecule has 0 bridgehead atoms. The first-order valence-electron chi connectivity index (χ1n) is 6.12. The molecule has 3 nitrogen and oxygen atoms in total. The van der Waals surface area contributed by atoms with E-state index in [1.165, 1.54) is 0 Å². The van der Waals surface area contributed by atoms with Crippen molar-refractivity contribution in [3.63, 3.8) is 0 Å². The first-order chi connectivity index (χ1) is 8.45. The Morgan fingerprint density at radius 2 is 2.11 bits per heavy atom. The van der Waals surface area contributed by atoms with E-state index in [1.807, 2.05) is 13.0 Å². The van der Waals surface area contributed by atoms with Gasteiger partial charge in [-0.25, -0.2) is 8.42 Å². The van der Waals surface area contributed by atoms with E-state index in [2.05, 4.69) is 6.92 Å². The van der Waals surface area contributed by atoms with E-state index in [9.17, 15) is 8.42 Å². The van der Waals surface area contributed by atoms with Crippen LogP contribution in [0, 0.1) is 5.92 Å². The molecule has 0 amide bonds. The molecule has 2 atom stereocenters. The highest BCUT2D eigenvalue weighted by Crippen LogP contribution is 2.29. The van der Waals surface area contributed by atoms with Gasteiger partial charge in [-0.3, -0.25) is 0 Å². The molecule has 0 aliphatic carbocycles. The summed E-state index contributed by atoms with van der Waals surface area (Å²) in [6.45, 7) is 4.66. The van der Waals surface area contributed by atoms with Gasteiger partial charge >= 0.3 is 0 Å². The van der Waals surface area contributed by atoms with Gasteiger partial charge in [0.25, 0.3) is 0 Å². The van der Waals surface area contributed by atoms with Gasteiger partial charge in [0.2, 0.25) is 10.0 Å². The number of alkyl halides is 1. The lowest BCUT2D eigenvalue weighted by Gasteiger charge is -2.21. The number of hydrogen-bond acceptors (Lipinski definition) is 2. The molecule has 2 unspecified atom stereocenters. The lowest BCUT2D eigenvalue weighted by Crippen LogP contribution is -2.34. The van der Waals surface area contributed by atoms with E-state index in [1.54, 1.807) is 22.5 Å². The van der Waals surface area contributed by atoms with E-state index in [0.29, 0.717) is 23.2 Å². The van der Waals surface area contributed by atoms with Gasteiger partial charge in [0.1, 0.15) is 0 Å². The zero-order valence-electron chi connectivity index (χ0n) is 10.6. The summed E-state index contributed by atoms with van der Waals surface area (Å²) in [7, 11) is -3.38. The molecule has 1 aromatic carbocycles. The maximum Gasteiger partial charge on any atom is 0.243 e. The van der Waals surface area contributed by atoms with Crippen LogP contribution >= 0.6 is 11.6 Å². The summed E-state index contributed by atoms with van der Waals surface area (Å²) in [6, 6.07) is 6.96. The Kier molecular flexibility index (Phi) is 3.99. The summed E-state index contributed by atoms with van der Waals surface area (Å²) in [5.74, 6) is 0.751. The quantitative estimate of drug-likeness (QED) is 0.802. The lowest BCUT2D eigenvalue weighted by molar-refractivity contribution is 0.405. The third-order valence-corrected chi connectivity index (χ3v) is 5.67. The van der Waals surface area contributed by atoms with Crippen LogP contribution in [0.4, 0.5) is 0 Å². The average molecular weight is 288 g/mol. The zero-order chi connectivity index (χ0) is 13.3. The van der Waals surface area contributed by atoms with Crippen molar-refractivity contribution in [2.45, 2.75) is 37.1 Å². The van der Waals surface area contributed by atoms with Crippen molar-refractivity contribution in [3.05, 3.63) is 29.8 Å². The fourth-order valence-electron chi connectivity index (χ4n) is 2.52. The van der Waals surface area contributed by atoms with Crippen LogP contribution in [0.5, 0.6) is 0 Å². The van der Waals surface area contributed by atoms with Crippen molar-refractivity contribution in [1.82, 2.24) is 4.31 Å². The van der Waals surface area contributed by atoms with Gasteiger partial charge in [0, 0.05) is 18.5 Å². The van der Waals surface area contributed by atoms with Crippen molar-refractivity contribution in [2.24, 2.45) is 5.92 Å². The smallest absolute Gasteiger partial charge is 0.207 e. The van der Waals surface area contributed by atoms with Crippen LogP contribution in [0.15, 0.2) is 29.2 Å². The number of benzene rings is 1. The Morgan fingerprint density at radius 3 is 2.67 bits per heavy atom. The van der Waals surface area contributed by atoms with Crippen LogP contribution in [0.1, 0.15) is 25.8 Å². The Balaban J connectivity index is 2.36. The number of nitrogens with zero attached hydrogens (tertiary/aromatic N) is 1. The number of halogens is 1. The van der Waals surface area contributed by atoms with Crippen LogP contribution in [-0.2, 0) is 15.9 Å². The second-order valence-corrected chi connectivity index (χ2v) is 7.20. The molecule has 0 spiro atoms. The molecular weight excluding hydrogens is 270 g/mol. The Bertz CT molecular complexity index is 530. The van der Waals surface area contributed by atoms with E-state index in [0.717, 1.165) is 12.0 Å².